The van der Waals surface area contributed by atoms with E-state index in [4.69, 9.17) is 14.2 Å². The molecule has 1 unspecified atom stereocenters. The highest BCUT2D eigenvalue weighted by Crippen LogP contribution is 2.35. The van der Waals surface area contributed by atoms with Gasteiger partial charge in [0.25, 0.3) is 0 Å². The van der Waals surface area contributed by atoms with E-state index in [0.717, 1.165) is 0 Å². The summed E-state index contributed by atoms with van der Waals surface area (Å²) in [6, 6.07) is 3.22. The number of carbonyl (C=O) groups excluding carboxylic acids is 1. The van der Waals surface area contributed by atoms with Crippen molar-refractivity contribution in [2.75, 3.05) is 21.3 Å². The Morgan fingerprint density at radius 1 is 1.17 bits per heavy atom. The maximum absolute atomic E-state index is 12.1. The van der Waals surface area contributed by atoms with Crippen molar-refractivity contribution < 1.29 is 24.1 Å². The van der Waals surface area contributed by atoms with Crippen molar-refractivity contribution in [2.24, 2.45) is 0 Å². The molecule has 0 radical (unpaired) electrons. The Bertz CT molecular complexity index is 400. The molecule has 1 N–H and O–H groups in total. The Morgan fingerprint density at radius 2 is 1.67 bits per heavy atom. The number of rotatable bonds is 6. The third-order valence-corrected chi connectivity index (χ3v) is 2.47. The van der Waals surface area contributed by atoms with Gasteiger partial charge in [-0.15, -0.1) is 0 Å². The van der Waals surface area contributed by atoms with Crippen LogP contribution in [0.4, 0.5) is 0 Å². The minimum Gasteiger partial charge on any atom is -0.496 e. The zero-order valence-electron chi connectivity index (χ0n) is 11.0. The van der Waals surface area contributed by atoms with Gasteiger partial charge in [-0.05, 0) is 6.92 Å². The van der Waals surface area contributed by atoms with E-state index in [1.807, 2.05) is 0 Å². The van der Waals surface area contributed by atoms with E-state index in [2.05, 4.69) is 0 Å². The van der Waals surface area contributed by atoms with Crippen LogP contribution in [0.2, 0.25) is 0 Å². The van der Waals surface area contributed by atoms with Gasteiger partial charge in [0.05, 0.1) is 27.4 Å². The lowest BCUT2D eigenvalue weighted by molar-refractivity contribution is 0.0895. The van der Waals surface area contributed by atoms with Crippen molar-refractivity contribution in [2.45, 2.75) is 19.4 Å². The lowest BCUT2D eigenvalue weighted by Gasteiger charge is -2.14. The summed E-state index contributed by atoms with van der Waals surface area (Å²) in [6.45, 7) is 1.56. The Balaban J connectivity index is 3.26. The van der Waals surface area contributed by atoms with Gasteiger partial charge in [-0.1, -0.05) is 0 Å². The molecule has 0 fully saturated rings. The fourth-order valence-corrected chi connectivity index (χ4v) is 1.65. The topological polar surface area (TPSA) is 65.0 Å². The summed E-state index contributed by atoms with van der Waals surface area (Å²) < 4.78 is 15.4. The molecule has 0 aliphatic rings. The van der Waals surface area contributed by atoms with Crippen LogP contribution in [0, 0.1) is 0 Å². The number of benzene rings is 1. The normalized spacial score (nSPS) is 11.8. The van der Waals surface area contributed by atoms with Crippen LogP contribution in [-0.2, 0) is 0 Å². The molecule has 0 aliphatic heterocycles. The molecular weight excluding hydrogens is 236 g/mol. The molecule has 100 valence electrons. The van der Waals surface area contributed by atoms with Crippen LogP contribution in [0.3, 0.4) is 0 Å². The standard InChI is InChI=1S/C13H18O5/c1-8(14)5-10(15)13-11(17-3)6-9(16-2)7-12(13)18-4/h6-8,14H,5H2,1-4H3. The maximum Gasteiger partial charge on any atom is 0.172 e. The second kappa shape index (κ2) is 6.26. The van der Waals surface area contributed by atoms with E-state index in [0.29, 0.717) is 22.8 Å². The number of Topliss-reactive ketones (excluding diaryl/α,β-unsaturated/α-hetero) is 1. The lowest BCUT2D eigenvalue weighted by atomic mass is 10.0. The Morgan fingerprint density at radius 3 is 2.00 bits per heavy atom. The highest BCUT2D eigenvalue weighted by atomic mass is 16.5. The summed E-state index contributed by atoms with van der Waals surface area (Å²) in [6.07, 6.45) is -0.701. The molecular formula is C13H18O5. The quantitative estimate of drug-likeness (QED) is 0.782. The third-order valence-electron chi connectivity index (χ3n) is 2.47. The van der Waals surface area contributed by atoms with Crippen molar-refractivity contribution >= 4 is 5.78 Å². The number of hydrogen-bond acceptors (Lipinski definition) is 5. The summed E-state index contributed by atoms with van der Waals surface area (Å²) in [5.74, 6) is 1.05. The van der Waals surface area contributed by atoms with Crippen LogP contribution in [0.1, 0.15) is 23.7 Å². The van der Waals surface area contributed by atoms with Gasteiger partial charge >= 0.3 is 0 Å². The minimum absolute atomic E-state index is 0.0129. The average Bonchev–Trinajstić information content (AvgIpc) is 2.35. The smallest absolute Gasteiger partial charge is 0.172 e. The number of aliphatic hydroxyl groups excluding tert-OH is 1. The second-order valence-corrected chi connectivity index (χ2v) is 3.88. The molecule has 5 nitrogen and oxygen atoms in total. The third kappa shape index (κ3) is 3.13. The van der Waals surface area contributed by atoms with E-state index in [-0.39, 0.29) is 12.2 Å². The summed E-state index contributed by atoms with van der Waals surface area (Å²) in [5, 5.41) is 9.28. The maximum atomic E-state index is 12.1. The van der Waals surface area contributed by atoms with Gasteiger partial charge in [0.1, 0.15) is 22.8 Å². The van der Waals surface area contributed by atoms with Gasteiger partial charge in [-0.3, -0.25) is 4.79 Å². The van der Waals surface area contributed by atoms with Gasteiger partial charge in [0, 0.05) is 18.6 Å². The van der Waals surface area contributed by atoms with E-state index in [1.165, 1.54) is 21.3 Å². The van der Waals surface area contributed by atoms with Gasteiger partial charge in [0.15, 0.2) is 5.78 Å². The summed E-state index contributed by atoms with van der Waals surface area (Å²) in [4.78, 5) is 12.1. The molecule has 0 aromatic heterocycles. The van der Waals surface area contributed by atoms with Gasteiger partial charge in [-0.25, -0.2) is 0 Å². The summed E-state index contributed by atoms with van der Waals surface area (Å²) >= 11 is 0. The molecule has 1 atom stereocenters. The number of aliphatic hydroxyl groups is 1. The SMILES string of the molecule is COc1cc(OC)c(C(=O)CC(C)O)c(OC)c1. The van der Waals surface area contributed by atoms with E-state index in [9.17, 15) is 9.90 Å². The number of ketones is 1. The fourth-order valence-electron chi connectivity index (χ4n) is 1.65. The number of carbonyl (C=O) groups is 1. The van der Waals surface area contributed by atoms with Crippen molar-refractivity contribution in [1.29, 1.82) is 0 Å². The van der Waals surface area contributed by atoms with Crippen LogP contribution in [-0.4, -0.2) is 38.3 Å². The van der Waals surface area contributed by atoms with E-state index < -0.39 is 6.10 Å². The lowest BCUT2D eigenvalue weighted by Crippen LogP contribution is -2.12. The zero-order valence-corrected chi connectivity index (χ0v) is 11.0. The first-order chi connectivity index (χ1) is 8.53. The van der Waals surface area contributed by atoms with Crippen LogP contribution in [0.5, 0.6) is 17.2 Å². The molecule has 0 bridgehead atoms. The Kier molecular flexibility index (Phi) is 4.97. The molecule has 5 heteroatoms. The van der Waals surface area contributed by atoms with E-state index >= 15 is 0 Å². The molecule has 1 rings (SSSR count). The largest absolute Gasteiger partial charge is 0.496 e. The van der Waals surface area contributed by atoms with Crippen LogP contribution >= 0.6 is 0 Å². The molecule has 0 saturated carbocycles. The summed E-state index contributed by atoms with van der Waals surface area (Å²) in [5.41, 5.74) is 0.321. The highest BCUT2D eigenvalue weighted by Gasteiger charge is 2.21. The predicted octanol–water partition coefficient (Wildman–Crippen LogP) is 1.67. The fraction of sp³-hybridized carbons (Fsp3) is 0.462. The van der Waals surface area contributed by atoms with Crippen molar-refractivity contribution in [3.05, 3.63) is 17.7 Å². The molecule has 0 aliphatic carbocycles. The molecule has 1 aromatic rings. The average molecular weight is 254 g/mol. The number of ether oxygens (including phenoxy) is 3. The summed E-state index contributed by atoms with van der Waals surface area (Å²) in [7, 11) is 4.45. The van der Waals surface area contributed by atoms with Gasteiger partial charge in [-0.2, -0.15) is 0 Å². The first-order valence-electron chi connectivity index (χ1n) is 5.54. The first kappa shape index (κ1) is 14.3. The minimum atomic E-state index is -0.714. The van der Waals surface area contributed by atoms with Crippen molar-refractivity contribution in [3.8, 4) is 17.2 Å². The Labute approximate surface area is 106 Å². The highest BCUT2D eigenvalue weighted by molar-refractivity contribution is 6.01. The second-order valence-electron chi connectivity index (χ2n) is 3.88. The molecule has 0 amide bonds. The van der Waals surface area contributed by atoms with Crippen LogP contribution in [0.25, 0.3) is 0 Å². The Hall–Kier alpha value is -1.75. The number of methoxy groups -OCH3 is 3. The van der Waals surface area contributed by atoms with Crippen LogP contribution < -0.4 is 14.2 Å². The molecule has 0 spiro atoms. The van der Waals surface area contributed by atoms with Gasteiger partial charge < -0.3 is 19.3 Å². The zero-order chi connectivity index (χ0) is 13.7. The first-order valence-corrected chi connectivity index (χ1v) is 5.54. The van der Waals surface area contributed by atoms with Crippen molar-refractivity contribution in [3.63, 3.8) is 0 Å². The molecule has 1 aromatic carbocycles. The molecule has 18 heavy (non-hydrogen) atoms. The van der Waals surface area contributed by atoms with Gasteiger partial charge in [0.2, 0.25) is 0 Å². The monoisotopic (exact) mass is 254 g/mol. The van der Waals surface area contributed by atoms with Crippen molar-refractivity contribution in [1.82, 2.24) is 0 Å². The van der Waals surface area contributed by atoms with E-state index in [1.54, 1.807) is 19.1 Å². The number of hydrogen-bond donors (Lipinski definition) is 1. The van der Waals surface area contributed by atoms with Crippen LogP contribution in [0.15, 0.2) is 12.1 Å². The molecule has 0 saturated heterocycles. The predicted molar refractivity (Wildman–Crippen MR) is 66.7 cm³/mol. The molecule has 0 heterocycles.